The molecule has 3 rings (SSSR count). The summed E-state index contributed by atoms with van der Waals surface area (Å²) in [4.78, 5) is 43.3. The number of hydrogen-bond donors (Lipinski definition) is 3. The first kappa shape index (κ1) is 20.8. The molecule has 3 heterocycles. The van der Waals surface area contributed by atoms with Crippen LogP contribution >= 0.6 is 7.75 Å². The van der Waals surface area contributed by atoms with Gasteiger partial charge < -0.3 is 14.6 Å². The molecule has 14 heteroatoms. The van der Waals surface area contributed by atoms with Crippen LogP contribution in [0.25, 0.3) is 10.4 Å². The van der Waals surface area contributed by atoms with Gasteiger partial charge in [0, 0.05) is 41.2 Å². The molecule has 0 bridgehead atoms. The van der Waals surface area contributed by atoms with E-state index >= 15 is 0 Å². The Labute approximate surface area is 163 Å². The second-order valence-corrected chi connectivity index (χ2v) is 7.78. The number of aryl methyl sites for hydroxylation is 1. The summed E-state index contributed by atoms with van der Waals surface area (Å²) >= 11 is 0. The van der Waals surface area contributed by atoms with Crippen molar-refractivity contribution >= 4 is 13.4 Å². The van der Waals surface area contributed by atoms with Crippen LogP contribution in [0.4, 0.5) is 5.69 Å². The van der Waals surface area contributed by atoms with E-state index in [9.17, 15) is 19.0 Å². The molecule has 0 spiro atoms. The number of hydrogen-bond acceptors (Lipinski definition) is 7. The van der Waals surface area contributed by atoms with Gasteiger partial charge in [-0.3, -0.25) is 19.4 Å². The van der Waals surface area contributed by atoms with Crippen molar-refractivity contribution in [3.8, 4) is 0 Å². The second kappa shape index (κ2) is 8.60. The Kier molecular flexibility index (Phi) is 6.16. The van der Waals surface area contributed by atoms with E-state index in [-0.39, 0.29) is 6.42 Å². The molecule has 1 unspecified atom stereocenters. The Hall–Kier alpha value is -2.95. The molecule has 0 saturated carbocycles. The highest BCUT2D eigenvalue weighted by Gasteiger charge is 2.38. The fourth-order valence-electron chi connectivity index (χ4n) is 2.85. The third-order valence-electron chi connectivity index (χ3n) is 4.24. The highest BCUT2D eigenvalue weighted by Crippen LogP contribution is 2.43. The van der Waals surface area contributed by atoms with Crippen LogP contribution in [0.1, 0.15) is 18.2 Å². The Morgan fingerprint density at radius 1 is 1.52 bits per heavy atom. The molecule has 2 aromatic heterocycles. The lowest BCUT2D eigenvalue weighted by molar-refractivity contribution is -0.0251. The zero-order valence-electron chi connectivity index (χ0n) is 15.2. The maximum Gasteiger partial charge on any atom is 0.430 e. The number of pyridine rings is 1. The zero-order chi connectivity index (χ0) is 21.0. The summed E-state index contributed by atoms with van der Waals surface area (Å²) in [5.41, 5.74) is 8.17. The summed E-state index contributed by atoms with van der Waals surface area (Å²) in [6.07, 6.45) is 2.22. The lowest BCUT2D eigenvalue weighted by Crippen LogP contribution is -2.39. The van der Waals surface area contributed by atoms with E-state index in [0.717, 1.165) is 4.57 Å². The van der Waals surface area contributed by atoms with Crippen molar-refractivity contribution in [3.63, 3.8) is 0 Å². The minimum Gasteiger partial charge on any atom is -0.352 e. The number of rotatable bonds is 7. The van der Waals surface area contributed by atoms with Crippen LogP contribution in [-0.2, 0) is 13.8 Å². The van der Waals surface area contributed by atoms with Gasteiger partial charge in [0.25, 0.3) is 5.56 Å². The Balaban J connectivity index is 1.74. The van der Waals surface area contributed by atoms with Crippen LogP contribution in [-0.4, -0.2) is 38.2 Å². The van der Waals surface area contributed by atoms with Gasteiger partial charge in [0.2, 0.25) is 0 Å². The predicted molar refractivity (Wildman–Crippen MR) is 101 cm³/mol. The molecule has 0 aliphatic carbocycles. The SMILES string of the molecule is Cc1c[nH]c(=O)n([C@H]2C[C@H](N=[N+]=[N-])[C@@H](COP(=O)(O)Nc3ccncc3)O2)c1=O. The molecule has 13 nitrogen and oxygen atoms in total. The summed E-state index contributed by atoms with van der Waals surface area (Å²) in [6, 6.07) is 2.15. The number of nitrogens with one attached hydrogen (secondary N) is 2. The normalized spacial score (nSPS) is 23.2. The monoisotopic (exact) mass is 423 g/mol. The van der Waals surface area contributed by atoms with Gasteiger partial charge in [0.15, 0.2) is 0 Å². The van der Waals surface area contributed by atoms with Crippen molar-refractivity contribution in [1.29, 1.82) is 0 Å². The summed E-state index contributed by atoms with van der Waals surface area (Å²) in [6.45, 7) is 1.12. The molecule has 154 valence electrons. The number of aromatic nitrogens is 3. The Bertz CT molecular complexity index is 1080. The van der Waals surface area contributed by atoms with E-state index < -0.39 is 44.0 Å². The first-order valence-corrected chi connectivity index (χ1v) is 10.0. The molecule has 1 aliphatic heterocycles. The number of aromatic amines is 1. The van der Waals surface area contributed by atoms with Crippen LogP contribution in [0.3, 0.4) is 0 Å². The van der Waals surface area contributed by atoms with Crippen LogP contribution in [0, 0.1) is 6.92 Å². The van der Waals surface area contributed by atoms with Crippen LogP contribution in [0.5, 0.6) is 0 Å². The standard InChI is InChI=1S/C15H18N7O6P/c1-9-7-18-15(24)22(14(9)23)13-6-11(19-21-16)12(28-13)8-27-29(25,26)20-10-2-4-17-5-3-10/h2-5,7,11-13H,6,8H2,1H3,(H,18,24)(H2,17,20,25,26)/t11-,12+,13+/m0/s1. The van der Waals surface area contributed by atoms with Crippen molar-refractivity contribution in [2.24, 2.45) is 5.11 Å². The van der Waals surface area contributed by atoms with Crippen LogP contribution in [0.15, 0.2) is 45.4 Å². The first-order chi connectivity index (χ1) is 13.8. The van der Waals surface area contributed by atoms with Gasteiger partial charge in [-0.25, -0.2) is 13.9 Å². The molecular weight excluding hydrogens is 405 g/mol. The number of nitrogens with zero attached hydrogens (tertiary/aromatic N) is 5. The van der Waals surface area contributed by atoms with Gasteiger partial charge in [-0.2, -0.15) is 0 Å². The van der Waals surface area contributed by atoms with Crippen LogP contribution in [0.2, 0.25) is 0 Å². The molecule has 0 radical (unpaired) electrons. The molecular formula is C15H18N7O6P. The number of azide groups is 1. The highest BCUT2D eigenvalue weighted by atomic mass is 31.2. The minimum absolute atomic E-state index is 0.0258. The summed E-state index contributed by atoms with van der Waals surface area (Å²) in [5, 5.41) is 5.93. The van der Waals surface area contributed by atoms with Gasteiger partial charge in [0.1, 0.15) is 6.23 Å². The first-order valence-electron chi connectivity index (χ1n) is 8.47. The van der Waals surface area contributed by atoms with Gasteiger partial charge >= 0.3 is 13.4 Å². The third-order valence-corrected chi connectivity index (χ3v) is 5.28. The van der Waals surface area contributed by atoms with E-state index in [1.165, 1.54) is 37.6 Å². The fourth-order valence-corrected chi connectivity index (χ4v) is 3.74. The quantitative estimate of drug-likeness (QED) is 0.258. The van der Waals surface area contributed by atoms with E-state index in [1.54, 1.807) is 0 Å². The van der Waals surface area contributed by atoms with Gasteiger partial charge in [-0.15, -0.1) is 0 Å². The van der Waals surface area contributed by atoms with Gasteiger partial charge in [-0.1, -0.05) is 5.11 Å². The minimum atomic E-state index is -4.26. The van der Waals surface area contributed by atoms with Crippen molar-refractivity contribution in [2.45, 2.75) is 31.7 Å². The molecule has 3 N–H and O–H groups in total. The van der Waals surface area contributed by atoms with Crippen molar-refractivity contribution < 1.29 is 18.7 Å². The van der Waals surface area contributed by atoms with E-state index in [0.29, 0.717) is 11.3 Å². The number of ether oxygens (including phenoxy) is 1. The highest BCUT2D eigenvalue weighted by molar-refractivity contribution is 7.54. The molecule has 0 amide bonds. The number of H-pyrrole nitrogens is 1. The van der Waals surface area contributed by atoms with Gasteiger partial charge in [-0.05, 0) is 24.6 Å². The average molecular weight is 423 g/mol. The topological polar surface area (TPSA) is 184 Å². The third kappa shape index (κ3) is 4.91. The summed E-state index contributed by atoms with van der Waals surface area (Å²) < 4.78 is 23.8. The average Bonchev–Trinajstić information content (AvgIpc) is 3.07. The van der Waals surface area contributed by atoms with E-state index in [1.807, 2.05) is 0 Å². The molecule has 2 aromatic rings. The van der Waals surface area contributed by atoms with E-state index in [4.69, 9.17) is 14.8 Å². The summed E-state index contributed by atoms with van der Waals surface area (Å²) in [5.74, 6) is 0. The lowest BCUT2D eigenvalue weighted by Gasteiger charge is -2.19. The molecule has 0 aromatic carbocycles. The van der Waals surface area contributed by atoms with Crippen molar-refractivity contribution in [1.82, 2.24) is 14.5 Å². The van der Waals surface area contributed by atoms with E-state index in [2.05, 4.69) is 25.1 Å². The predicted octanol–water partition coefficient (Wildman–Crippen LogP) is 1.44. The molecule has 1 fully saturated rings. The zero-order valence-corrected chi connectivity index (χ0v) is 16.1. The van der Waals surface area contributed by atoms with Gasteiger partial charge in [0.05, 0.1) is 18.8 Å². The Morgan fingerprint density at radius 2 is 2.24 bits per heavy atom. The molecule has 1 saturated heterocycles. The second-order valence-electron chi connectivity index (χ2n) is 6.25. The van der Waals surface area contributed by atoms with Crippen LogP contribution < -0.4 is 16.3 Å². The molecule has 1 aliphatic rings. The fraction of sp³-hybridized carbons (Fsp3) is 0.400. The smallest absolute Gasteiger partial charge is 0.352 e. The van der Waals surface area contributed by atoms with Crippen molar-refractivity contribution in [3.05, 3.63) is 67.6 Å². The largest absolute Gasteiger partial charge is 0.430 e. The lowest BCUT2D eigenvalue weighted by atomic mass is 10.1. The summed E-state index contributed by atoms with van der Waals surface area (Å²) in [7, 11) is -4.26. The maximum absolute atomic E-state index is 12.3. The molecule has 29 heavy (non-hydrogen) atoms. The number of anilines is 1. The Morgan fingerprint density at radius 3 is 2.93 bits per heavy atom. The maximum atomic E-state index is 12.3. The molecule has 4 atom stereocenters. The van der Waals surface area contributed by atoms with Crippen molar-refractivity contribution in [2.75, 3.05) is 11.7 Å².